The van der Waals surface area contributed by atoms with E-state index in [-0.39, 0.29) is 16.9 Å². The van der Waals surface area contributed by atoms with Gasteiger partial charge in [0.05, 0.1) is 6.10 Å². The van der Waals surface area contributed by atoms with E-state index >= 15 is 0 Å². The molecule has 1 heterocycles. The Morgan fingerprint density at radius 2 is 1.88 bits per heavy atom. The molecular formula is C24H33N3O5S. The van der Waals surface area contributed by atoms with E-state index in [2.05, 4.69) is 29.4 Å². The molecule has 0 radical (unpaired) electrons. The predicted octanol–water partition coefficient (Wildman–Crippen LogP) is 3.53. The van der Waals surface area contributed by atoms with Crippen molar-refractivity contribution in [3.8, 4) is 5.75 Å². The Hall–Kier alpha value is -2.62. The third kappa shape index (κ3) is 6.93. The Morgan fingerprint density at radius 1 is 1.15 bits per heavy atom. The van der Waals surface area contributed by atoms with E-state index in [4.69, 9.17) is 8.92 Å². The van der Waals surface area contributed by atoms with Gasteiger partial charge in [-0.05, 0) is 57.0 Å². The molecule has 9 heteroatoms. The van der Waals surface area contributed by atoms with Crippen LogP contribution < -0.4 is 19.7 Å². The number of anilines is 2. The van der Waals surface area contributed by atoms with Gasteiger partial charge in [0.15, 0.2) is 0 Å². The van der Waals surface area contributed by atoms with E-state index in [1.54, 1.807) is 6.07 Å². The Kier molecular flexibility index (Phi) is 8.71. The van der Waals surface area contributed by atoms with Crippen LogP contribution >= 0.6 is 0 Å². The lowest BCUT2D eigenvalue weighted by Crippen LogP contribution is -2.26. The number of amides is 1. The van der Waals surface area contributed by atoms with Gasteiger partial charge in [-0.15, -0.1) is 0 Å². The molecule has 1 amide bonds. The van der Waals surface area contributed by atoms with Crippen molar-refractivity contribution in [1.29, 1.82) is 0 Å². The van der Waals surface area contributed by atoms with Crippen LogP contribution in [0, 0.1) is 0 Å². The number of carbonyl (C=O) groups excluding carboxylic acids is 1. The zero-order valence-corrected chi connectivity index (χ0v) is 20.3. The van der Waals surface area contributed by atoms with Crippen LogP contribution in [0.4, 0.5) is 11.4 Å². The monoisotopic (exact) mass is 475 g/mol. The zero-order valence-electron chi connectivity index (χ0n) is 19.5. The Labute approximate surface area is 196 Å². The van der Waals surface area contributed by atoms with Gasteiger partial charge in [-0.3, -0.25) is 4.79 Å². The van der Waals surface area contributed by atoms with E-state index in [1.807, 2.05) is 12.1 Å². The lowest BCUT2D eigenvalue weighted by Gasteiger charge is -2.23. The minimum absolute atomic E-state index is 0.0168. The van der Waals surface area contributed by atoms with Crippen molar-refractivity contribution in [2.24, 2.45) is 0 Å². The molecule has 2 N–H and O–H groups in total. The largest absolute Gasteiger partial charge is 0.379 e. The fourth-order valence-corrected chi connectivity index (χ4v) is 4.76. The summed E-state index contributed by atoms with van der Waals surface area (Å²) in [7, 11) is -4.06. The molecule has 0 spiro atoms. The predicted molar refractivity (Wildman–Crippen MR) is 129 cm³/mol. The summed E-state index contributed by atoms with van der Waals surface area (Å²) in [5.41, 5.74) is 2.17. The molecular weight excluding hydrogens is 442 g/mol. The van der Waals surface area contributed by atoms with Crippen molar-refractivity contribution in [1.82, 2.24) is 5.32 Å². The third-order valence-electron chi connectivity index (χ3n) is 5.55. The van der Waals surface area contributed by atoms with Gasteiger partial charge in [-0.25, -0.2) is 0 Å². The maximum Gasteiger partial charge on any atom is 0.339 e. The zero-order chi connectivity index (χ0) is 23.8. The van der Waals surface area contributed by atoms with E-state index in [0.717, 1.165) is 43.8 Å². The highest BCUT2D eigenvalue weighted by atomic mass is 32.2. The molecule has 180 valence electrons. The highest BCUT2D eigenvalue weighted by Gasteiger charge is 2.21. The average molecular weight is 476 g/mol. The minimum Gasteiger partial charge on any atom is -0.379 e. The standard InChI is InChI=1S/C24H33N3O5S/c1-4-27(5-2)21-11-8-19(16-25-17-22-7-6-14-31-22)24(15-21)32-33(29,30)23-12-9-20(10-13-23)26-18(3)28/h8-13,15,22,25H,4-7,14,16-17H2,1-3H3,(H,26,28). The number of rotatable bonds is 11. The number of nitrogens with one attached hydrogen (secondary N) is 2. The molecule has 0 saturated carbocycles. The molecule has 0 aromatic heterocycles. The van der Waals surface area contributed by atoms with Crippen molar-refractivity contribution in [2.75, 3.05) is 36.5 Å². The SMILES string of the molecule is CCN(CC)c1ccc(CNCC2CCCO2)c(OS(=O)(=O)c2ccc(NC(C)=O)cc2)c1. The molecule has 1 aliphatic heterocycles. The summed E-state index contributed by atoms with van der Waals surface area (Å²) in [6.07, 6.45) is 2.29. The third-order valence-corrected chi connectivity index (χ3v) is 6.80. The second-order valence-corrected chi connectivity index (χ2v) is 9.52. The second-order valence-electron chi connectivity index (χ2n) is 7.97. The number of benzene rings is 2. The summed E-state index contributed by atoms with van der Waals surface area (Å²) in [6.45, 7) is 9.04. The van der Waals surface area contributed by atoms with Crippen LogP contribution in [0.3, 0.4) is 0 Å². The van der Waals surface area contributed by atoms with Crippen LogP contribution in [0.25, 0.3) is 0 Å². The first-order valence-corrected chi connectivity index (χ1v) is 12.8. The van der Waals surface area contributed by atoms with Gasteiger partial charge in [0.1, 0.15) is 10.6 Å². The van der Waals surface area contributed by atoms with E-state index in [0.29, 0.717) is 24.5 Å². The van der Waals surface area contributed by atoms with Crippen molar-refractivity contribution in [2.45, 2.75) is 51.2 Å². The Balaban J connectivity index is 1.82. The van der Waals surface area contributed by atoms with E-state index in [9.17, 15) is 13.2 Å². The fraction of sp³-hybridized carbons (Fsp3) is 0.458. The average Bonchev–Trinajstić information content (AvgIpc) is 3.29. The summed E-state index contributed by atoms with van der Waals surface area (Å²) in [5, 5.41) is 5.98. The number of carbonyl (C=O) groups is 1. The molecule has 1 saturated heterocycles. The summed E-state index contributed by atoms with van der Waals surface area (Å²) >= 11 is 0. The quantitative estimate of drug-likeness (QED) is 0.480. The lowest BCUT2D eigenvalue weighted by molar-refractivity contribution is -0.114. The first-order valence-electron chi connectivity index (χ1n) is 11.3. The first kappa shape index (κ1) is 25.0. The smallest absolute Gasteiger partial charge is 0.339 e. The van der Waals surface area contributed by atoms with Gasteiger partial charge in [0, 0.05) is 62.7 Å². The van der Waals surface area contributed by atoms with Gasteiger partial charge < -0.3 is 24.5 Å². The highest BCUT2D eigenvalue weighted by Crippen LogP contribution is 2.29. The molecule has 0 bridgehead atoms. The van der Waals surface area contributed by atoms with Crippen LogP contribution in [0.5, 0.6) is 5.75 Å². The Bertz CT molecular complexity index is 1030. The molecule has 1 atom stereocenters. The van der Waals surface area contributed by atoms with Gasteiger partial charge in [-0.2, -0.15) is 8.42 Å². The van der Waals surface area contributed by atoms with Gasteiger partial charge in [0.25, 0.3) is 0 Å². The van der Waals surface area contributed by atoms with Crippen LogP contribution in [-0.2, 0) is 26.2 Å². The van der Waals surface area contributed by atoms with Crippen molar-refractivity contribution in [3.05, 3.63) is 48.0 Å². The Morgan fingerprint density at radius 3 is 2.48 bits per heavy atom. The summed E-state index contributed by atoms with van der Waals surface area (Å²) in [4.78, 5) is 13.4. The van der Waals surface area contributed by atoms with Crippen molar-refractivity contribution >= 4 is 27.4 Å². The number of ether oxygens (including phenoxy) is 1. The van der Waals surface area contributed by atoms with Crippen molar-refractivity contribution < 1.29 is 22.1 Å². The molecule has 1 aliphatic rings. The van der Waals surface area contributed by atoms with Crippen molar-refractivity contribution in [3.63, 3.8) is 0 Å². The molecule has 2 aromatic carbocycles. The number of nitrogens with zero attached hydrogens (tertiary/aromatic N) is 1. The molecule has 1 unspecified atom stereocenters. The molecule has 3 rings (SSSR count). The van der Waals surface area contributed by atoms with Crippen LogP contribution in [0.2, 0.25) is 0 Å². The second kappa shape index (κ2) is 11.5. The molecule has 1 fully saturated rings. The first-order chi connectivity index (χ1) is 15.8. The van der Waals surface area contributed by atoms with E-state index < -0.39 is 10.1 Å². The molecule has 0 aliphatic carbocycles. The minimum atomic E-state index is -4.06. The molecule has 8 nitrogen and oxygen atoms in total. The van der Waals surface area contributed by atoms with E-state index in [1.165, 1.54) is 31.2 Å². The summed E-state index contributed by atoms with van der Waals surface area (Å²) < 4.78 is 37.3. The summed E-state index contributed by atoms with van der Waals surface area (Å²) in [6, 6.07) is 11.6. The highest BCUT2D eigenvalue weighted by molar-refractivity contribution is 7.87. The van der Waals surface area contributed by atoms with Crippen LogP contribution in [-0.4, -0.2) is 46.7 Å². The van der Waals surface area contributed by atoms with Gasteiger partial charge >= 0.3 is 10.1 Å². The topological polar surface area (TPSA) is 97.0 Å². The maximum atomic E-state index is 13.0. The lowest BCUT2D eigenvalue weighted by atomic mass is 10.1. The fourth-order valence-electron chi connectivity index (χ4n) is 3.80. The van der Waals surface area contributed by atoms with Gasteiger partial charge in [0.2, 0.25) is 5.91 Å². The number of hydrogen-bond donors (Lipinski definition) is 2. The molecule has 2 aromatic rings. The van der Waals surface area contributed by atoms with Gasteiger partial charge in [-0.1, -0.05) is 6.07 Å². The maximum absolute atomic E-state index is 13.0. The normalized spacial score (nSPS) is 15.9. The summed E-state index contributed by atoms with van der Waals surface area (Å²) in [5.74, 6) is 0.0698. The van der Waals surface area contributed by atoms with Crippen LogP contribution in [0.15, 0.2) is 47.4 Å². The number of hydrogen-bond acceptors (Lipinski definition) is 7. The molecule has 33 heavy (non-hydrogen) atoms. The van der Waals surface area contributed by atoms with Crippen LogP contribution in [0.1, 0.15) is 39.2 Å².